The minimum atomic E-state index is -0.540. The summed E-state index contributed by atoms with van der Waals surface area (Å²) in [5.74, 6) is -0.324. The van der Waals surface area contributed by atoms with Crippen molar-refractivity contribution in [3.05, 3.63) is 47.9 Å². The molecule has 0 atom stereocenters. The number of aromatic nitrogens is 1. The van der Waals surface area contributed by atoms with Crippen molar-refractivity contribution >= 4 is 11.8 Å². The van der Waals surface area contributed by atoms with Crippen LogP contribution in [0.2, 0.25) is 0 Å². The third-order valence-electron chi connectivity index (χ3n) is 3.64. The highest BCUT2D eigenvalue weighted by atomic mass is 19.1. The fourth-order valence-electron chi connectivity index (χ4n) is 2.73. The highest BCUT2D eigenvalue weighted by Gasteiger charge is 2.30. The molecule has 120 valence electrons. The van der Waals surface area contributed by atoms with Crippen LogP contribution >= 0.6 is 0 Å². The van der Waals surface area contributed by atoms with Crippen LogP contribution in [0.3, 0.4) is 0 Å². The third kappa shape index (κ3) is 3.18. The first-order valence-electron chi connectivity index (χ1n) is 7.59. The Bertz CT molecular complexity index is 753. The molecule has 5 heteroatoms. The number of fused-ring (bicyclic) bond motifs is 1. The molecule has 3 rings (SSSR count). The number of nitrogens with zero attached hydrogens (tertiary/aromatic N) is 2. The maximum Gasteiger partial charge on any atom is 0.414 e. The molecule has 4 nitrogen and oxygen atoms in total. The van der Waals surface area contributed by atoms with Crippen LogP contribution in [-0.4, -0.2) is 23.2 Å². The van der Waals surface area contributed by atoms with Crippen molar-refractivity contribution < 1.29 is 13.9 Å². The van der Waals surface area contributed by atoms with Gasteiger partial charge < -0.3 is 4.74 Å². The van der Waals surface area contributed by atoms with Crippen molar-refractivity contribution in [2.24, 2.45) is 0 Å². The van der Waals surface area contributed by atoms with Gasteiger partial charge in [-0.05, 0) is 44.9 Å². The monoisotopic (exact) mass is 314 g/mol. The molecule has 0 fully saturated rings. The smallest absolute Gasteiger partial charge is 0.414 e. The normalized spacial score (nSPS) is 13.8. The summed E-state index contributed by atoms with van der Waals surface area (Å²) in [6, 6.07) is 8.36. The number of pyridine rings is 1. The molecule has 0 aliphatic carbocycles. The summed E-state index contributed by atoms with van der Waals surface area (Å²) in [7, 11) is 0. The van der Waals surface area contributed by atoms with E-state index >= 15 is 0 Å². The van der Waals surface area contributed by atoms with Gasteiger partial charge >= 0.3 is 6.09 Å². The summed E-state index contributed by atoms with van der Waals surface area (Å²) < 4.78 is 18.9. The fourth-order valence-corrected chi connectivity index (χ4v) is 2.73. The van der Waals surface area contributed by atoms with Gasteiger partial charge in [-0.3, -0.25) is 9.88 Å². The van der Waals surface area contributed by atoms with E-state index in [2.05, 4.69) is 4.98 Å². The molecule has 2 heterocycles. The van der Waals surface area contributed by atoms with E-state index in [1.807, 2.05) is 39.0 Å². The lowest BCUT2D eigenvalue weighted by molar-refractivity contribution is 0.0584. The molecule has 0 bridgehead atoms. The van der Waals surface area contributed by atoms with Crippen LogP contribution in [0, 0.1) is 5.82 Å². The lowest BCUT2D eigenvalue weighted by Gasteiger charge is -2.24. The van der Waals surface area contributed by atoms with E-state index in [4.69, 9.17) is 4.74 Å². The number of amides is 1. The van der Waals surface area contributed by atoms with E-state index in [0.717, 1.165) is 16.8 Å². The Morgan fingerprint density at radius 1 is 1.30 bits per heavy atom. The van der Waals surface area contributed by atoms with Gasteiger partial charge in [-0.1, -0.05) is 12.1 Å². The second-order valence-corrected chi connectivity index (χ2v) is 6.54. The molecule has 1 aromatic carbocycles. The molecule has 0 radical (unpaired) electrons. The highest BCUT2D eigenvalue weighted by Crippen LogP contribution is 2.36. The molecule has 1 aliphatic rings. The van der Waals surface area contributed by atoms with Crippen molar-refractivity contribution in [3.63, 3.8) is 0 Å². The molecule has 0 N–H and O–H groups in total. The van der Waals surface area contributed by atoms with E-state index in [-0.39, 0.29) is 11.9 Å². The second-order valence-electron chi connectivity index (χ2n) is 6.54. The Balaban J connectivity index is 1.96. The van der Waals surface area contributed by atoms with Crippen molar-refractivity contribution in [1.82, 2.24) is 4.98 Å². The molecular weight excluding hydrogens is 295 g/mol. The summed E-state index contributed by atoms with van der Waals surface area (Å²) in [6.07, 6.45) is 1.79. The zero-order valence-electron chi connectivity index (χ0n) is 13.5. The molecule has 2 aromatic rings. The predicted octanol–water partition coefficient (Wildman–Crippen LogP) is 4.19. The van der Waals surface area contributed by atoms with Crippen molar-refractivity contribution in [3.8, 4) is 11.3 Å². The topological polar surface area (TPSA) is 42.4 Å². The quantitative estimate of drug-likeness (QED) is 0.793. The van der Waals surface area contributed by atoms with Crippen molar-refractivity contribution in [2.75, 3.05) is 11.4 Å². The molecule has 1 aliphatic heterocycles. The lowest BCUT2D eigenvalue weighted by Crippen LogP contribution is -2.35. The van der Waals surface area contributed by atoms with Gasteiger partial charge in [0, 0.05) is 24.4 Å². The maximum atomic E-state index is 13.5. The van der Waals surface area contributed by atoms with E-state index in [1.54, 1.807) is 4.90 Å². The first kappa shape index (κ1) is 15.5. The highest BCUT2D eigenvalue weighted by molar-refractivity contribution is 5.92. The summed E-state index contributed by atoms with van der Waals surface area (Å²) >= 11 is 0. The minimum absolute atomic E-state index is 0.324. The summed E-state index contributed by atoms with van der Waals surface area (Å²) in [5, 5.41) is 0. The molecule has 1 aromatic heterocycles. The number of rotatable bonds is 1. The van der Waals surface area contributed by atoms with Gasteiger partial charge in [0.15, 0.2) is 0 Å². The zero-order chi connectivity index (χ0) is 16.6. The number of ether oxygens (including phenoxy) is 1. The number of hydrogen-bond acceptors (Lipinski definition) is 3. The average molecular weight is 314 g/mol. The predicted molar refractivity (Wildman–Crippen MR) is 86.9 cm³/mol. The van der Waals surface area contributed by atoms with E-state index in [0.29, 0.717) is 18.7 Å². The molecule has 0 spiro atoms. The number of anilines is 1. The van der Waals surface area contributed by atoms with Crippen LogP contribution in [-0.2, 0) is 11.2 Å². The van der Waals surface area contributed by atoms with Gasteiger partial charge in [0.2, 0.25) is 0 Å². The number of carbonyl (C=O) groups is 1. The fraction of sp³-hybridized carbons (Fsp3) is 0.333. The first-order valence-corrected chi connectivity index (χ1v) is 7.59. The molecule has 0 unspecified atom stereocenters. The first-order chi connectivity index (χ1) is 10.8. The van der Waals surface area contributed by atoms with Crippen LogP contribution in [0.25, 0.3) is 11.3 Å². The van der Waals surface area contributed by atoms with Crippen molar-refractivity contribution in [1.29, 1.82) is 0 Å². The van der Waals surface area contributed by atoms with Gasteiger partial charge in [0.25, 0.3) is 0 Å². The Labute approximate surface area is 134 Å². The van der Waals surface area contributed by atoms with Crippen LogP contribution in [0.15, 0.2) is 36.5 Å². The van der Waals surface area contributed by atoms with E-state index < -0.39 is 5.60 Å². The lowest BCUT2D eigenvalue weighted by atomic mass is 10.0. The van der Waals surface area contributed by atoms with Gasteiger partial charge in [0.05, 0.1) is 11.4 Å². The van der Waals surface area contributed by atoms with Gasteiger partial charge in [-0.25, -0.2) is 9.18 Å². The van der Waals surface area contributed by atoms with Gasteiger partial charge in [0.1, 0.15) is 11.4 Å². The minimum Gasteiger partial charge on any atom is -0.443 e. The van der Waals surface area contributed by atoms with E-state index in [9.17, 15) is 9.18 Å². The van der Waals surface area contributed by atoms with Crippen LogP contribution < -0.4 is 4.90 Å². The number of benzene rings is 1. The molecule has 0 saturated carbocycles. The Morgan fingerprint density at radius 2 is 2.09 bits per heavy atom. The van der Waals surface area contributed by atoms with Gasteiger partial charge in [-0.2, -0.15) is 0 Å². The standard InChI is InChI=1S/C18H19FN2O2/c1-18(2,3)23-17(22)21-10-8-14-13(5-4-6-16(14)21)15-11-12(19)7-9-20-15/h4-7,9,11H,8,10H2,1-3H3. The van der Waals surface area contributed by atoms with Crippen LogP contribution in [0.1, 0.15) is 26.3 Å². The second kappa shape index (κ2) is 5.65. The van der Waals surface area contributed by atoms with Crippen LogP contribution in [0.4, 0.5) is 14.9 Å². The molecular formula is C18H19FN2O2. The number of hydrogen-bond donors (Lipinski definition) is 0. The average Bonchev–Trinajstić information content (AvgIpc) is 2.89. The van der Waals surface area contributed by atoms with E-state index in [1.165, 1.54) is 18.3 Å². The number of halogens is 1. The summed E-state index contributed by atoms with van der Waals surface area (Å²) in [5.41, 5.74) is 2.70. The zero-order valence-corrected chi connectivity index (χ0v) is 13.5. The largest absolute Gasteiger partial charge is 0.443 e. The Kier molecular flexibility index (Phi) is 3.80. The van der Waals surface area contributed by atoms with Crippen LogP contribution in [0.5, 0.6) is 0 Å². The number of carbonyl (C=O) groups excluding carboxylic acids is 1. The summed E-state index contributed by atoms with van der Waals surface area (Å²) in [4.78, 5) is 18.2. The molecule has 23 heavy (non-hydrogen) atoms. The van der Waals surface area contributed by atoms with Gasteiger partial charge in [-0.15, -0.1) is 0 Å². The Morgan fingerprint density at radius 3 is 2.78 bits per heavy atom. The maximum absolute atomic E-state index is 13.5. The SMILES string of the molecule is CC(C)(C)OC(=O)N1CCc2c(-c3cc(F)ccn3)cccc21. The molecule has 0 saturated heterocycles. The summed E-state index contributed by atoms with van der Waals surface area (Å²) in [6.45, 7) is 6.08. The Hall–Kier alpha value is -2.43. The molecule has 1 amide bonds. The third-order valence-corrected chi connectivity index (χ3v) is 3.64. The van der Waals surface area contributed by atoms with Crippen molar-refractivity contribution in [2.45, 2.75) is 32.8 Å².